The molecular weight excluding hydrogens is 296 g/mol. The Kier molecular flexibility index (Phi) is 5.67. The molecule has 2 aromatic heterocycles. The van der Waals surface area contributed by atoms with Gasteiger partial charge in [0.15, 0.2) is 0 Å². The number of aromatic nitrogens is 3. The van der Waals surface area contributed by atoms with Gasteiger partial charge in [0, 0.05) is 38.2 Å². The van der Waals surface area contributed by atoms with Crippen molar-refractivity contribution in [1.82, 2.24) is 25.4 Å². The number of pyridine rings is 1. The molecular formula is C15H20N6O2. The largest absolute Gasteiger partial charge is 0.350 e. The summed E-state index contributed by atoms with van der Waals surface area (Å²) in [5, 5.41) is 12.4. The summed E-state index contributed by atoms with van der Waals surface area (Å²) in [5.41, 5.74) is 1.91. The Morgan fingerprint density at radius 2 is 2.04 bits per heavy atom. The normalized spacial score (nSPS) is 10.2. The molecule has 0 spiro atoms. The first-order chi connectivity index (χ1) is 11.1. The zero-order valence-corrected chi connectivity index (χ0v) is 13.2. The lowest BCUT2D eigenvalue weighted by molar-refractivity contribution is 0.0953. The van der Waals surface area contributed by atoms with Crippen LogP contribution in [0.1, 0.15) is 23.0 Å². The quantitative estimate of drug-likeness (QED) is 0.696. The lowest BCUT2D eigenvalue weighted by Gasteiger charge is -2.08. The monoisotopic (exact) mass is 316 g/mol. The van der Waals surface area contributed by atoms with E-state index >= 15 is 0 Å². The molecule has 2 aromatic rings. The van der Waals surface area contributed by atoms with Crippen molar-refractivity contribution in [3.63, 3.8) is 0 Å². The number of hydrogen-bond donors (Lipinski definition) is 3. The van der Waals surface area contributed by atoms with E-state index in [4.69, 9.17) is 0 Å². The maximum absolute atomic E-state index is 11.8. The zero-order chi connectivity index (χ0) is 16.7. The number of amides is 3. The maximum Gasteiger partial charge on any atom is 0.319 e. The van der Waals surface area contributed by atoms with E-state index in [0.717, 1.165) is 12.2 Å². The van der Waals surface area contributed by atoms with Crippen LogP contribution in [0, 0.1) is 6.92 Å². The highest BCUT2D eigenvalue weighted by Crippen LogP contribution is 2.11. The molecule has 0 atom stereocenters. The third kappa shape index (κ3) is 4.80. The highest BCUT2D eigenvalue weighted by molar-refractivity contribution is 5.94. The van der Waals surface area contributed by atoms with E-state index in [1.807, 2.05) is 13.8 Å². The fraction of sp³-hybridized carbons (Fsp3) is 0.333. The Labute approximate surface area is 134 Å². The average molecular weight is 316 g/mol. The van der Waals surface area contributed by atoms with Gasteiger partial charge in [0.1, 0.15) is 0 Å². The van der Waals surface area contributed by atoms with Crippen molar-refractivity contribution >= 4 is 17.6 Å². The summed E-state index contributed by atoms with van der Waals surface area (Å²) in [6.45, 7) is 5.19. The second kappa shape index (κ2) is 7.92. The van der Waals surface area contributed by atoms with Gasteiger partial charge in [-0.3, -0.25) is 14.5 Å². The van der Waals surface area contributed by atoms with Crippen molar-refractivity contribution in [2.45, 2.75) is 20.4 Å². The number of urea groups is 1. The predicted molar refractivity (Wildman–Crippen MR) is 86.2 cm³/mol. The van der Waals surface area contributed by atoms with Crippen molar-refractivity contribution in [3.8, 4) is 0 Å². The van der Waals surface area contributed by atoms with Gasteiger partial charge in [-0.05, 0) is 26.0 Å². The lowest BCUT2D eigenvalue weighted by Crippen LogP contribution is -2.36. The van der Waals surface area contributed by atoms with E-state index in [1.165, 1.54) is 6.20 Å². The van der Waals surface area contributed by atoms with Crippen LogP contribution in [0.3, 0.4) is 0 Å². The molecule has 8 nitrogen and oxygen atoms in total. The molecule has 23 heavy (non-hydrogen) atoms. The van der Waals surface area contributed by atoms with Gasteiger partial charge in [-0.25, -0.2) is 4.79 Å². The minimum atomic E-state index is -0.334. The molecule has 0 aromatic carbocycles. The molecule has 0 aliphatic heterocycles. The Balaban J connectivity index is 1.70. The van der Waals surface area contributed by atoms with Crippen molar-refractivity contribution in [1.29, 1.82) is 0 Å². The number of hydrogen-bond acceptors (Lipinski definition) is 4. The summed E-state index contributed by atoms with van der Waals surface area (Å²) in [7, 11) is 0. The third-order valence-corrected chi connectivity index (χ3v) is 3.14. The van der Waals surface area contributed by atoms with Gasteiger partial charge in [0.05, 0.1) is 16.9 Å². The van der Waals surface area contributed by atoms with Gasteiger partial charge < -0.3 is 16.0 Å². The lowest BCUT2D eigenvalue weighted by atomic mass is 10.3. The van der Waals surface area contributed by atoms with Crippen LogP contribution < -0.4 is 16.0 Å². The van der Waals surface area contributed by atoms with E-state index in [2.05, 4.69) is 26.0 Å². The van der Waals surface area contributed by atoms with Crippen LogP contribution in [0.4, 0.5) is 10.5 Å². The van der Waals surface area contributed by atoms with Crippen LogP contribution >= 0.6 is 0 Å². The van der Waals surface area contributed by atoms with Gasteiger partial charge in [0.2, 0.25) is 0 Å². The molecule has 0 unspecified atom stereocenters. The molecule has 122 valence electrons. The highest BCUT2D eigenvalue weighted by atomic mass is 16.2. The maximum atomic E-state index is 11.8. The molecule has 0 bridgehead atoms. The highest BCUT2D eigenvalue weighted by Gasteiger charge is 2.08. The van der Waals surface area contributed by atoms with Crippen molar-refractivity contribution < 1.29 is 9.59 Å². The first kappa shape index (κ1) is 16.5. The summed E-state index contributed by atoms with van der Waals surface area (Å²) >= 11 is 0. The van der Waals surface area contributed by atoms with Gasteiger partial charge in [0.25, 0.3) is 5.91 Å². The van der Waals surface area contributed by atoms with Gasteiger partial charge in [-0.2, -0.15) is 5.10 Å². The van der Waals surface area contributed by atoms with Crippen molar-refractivity contribution in [3.05, 3.63) is 42.0 Å². The molecule has 0 saturated carbocycles. The number of carbonyl (C=O) groups excluding carboxylic acids is 2. The summed E-state index contributed by atoms with van der Waals surface area (Å²) in [4.78, 5) is 27.4. The fourth-order valence-electron chi connectivity index (χ4n) is 1.92. The second-order valence-electron chi connectivity index (χ2n) is 4.86. The summed E-state index contributed by atoms with van der Waals surface area (Å²) in [5.74, 6) is -0.222. The summed E-state index contributed by atoms with van der Waals surface area (Å²) in [6.07, 6.45) is 4.87. The molecule has 0 saturated heterocycles. The molecule has 0 aliphatic carbocycles. The van der Waals surface area contributed by atoms with Gasteiger partial charge in [-0.1, -0.05) is 0 Å². The molecule has 0 fully saturated rings. The zero-order valence-electron chi connectivity index (χ0n) is 13.2. The fourth-order valence-corrected chi connectivity index (χ4v) is 1.92. The van der Waals surface area contributed by atoms with E-state index in [9.17, 15) is 9.59 Å². The molecule has 2 rings (SSSR count). The Morgan fingerprint density at radius 3 is 2.70 bits per heavy atom. The molecule has 0 radical (unpaired) electrons. The minimum Gasteiger partial charge on any atom is -0.350 e. The summed E-state index contributed by atoms with van der Waals surface area (Å²) in [6, 6.07) is 3.04. The number of carbonyl (C=O) groups is 2. The third-order valence-electron chi connectivity index (χ3n) is 3.14. The topological polar surface area (TPSA) is 101 Å². The van der Waals surface area contributed by atoms with Gasteiger partial charge in [-0.15, -0.1) is 0 Å². The minimum absolute atomic E-state index is 0.222. The van der Waals surface area contributed by atoms with Gasteiger partial charge >= 0.3 is 6.03 Å². The number of nitrogens with one attached hydrogen (secondary N) is 3. The van der Waals surface area contributed by atoms with Crippen molar-refractivity contribution in [2.75, 3.05) is 18.4 Å². The molecule has 3 amide bonds. The second-order valence-corrected chi connectivity index (χ2v) is 4.86. The molecule has 0 aliphatic rings. The Bertz CT molecular complexity index is 668. The number of rotatable bonds is 6. The van der Waals surface area contributed by atoms with E-state index in [1.54, 1.807) is 29.2 Å². The smallest absolute Gasteiger partial charge is 0.319 e. The SMILES string of the molecule is CCn1cc(NC(=O)NCCNC(=O)c2cccnc2)c(C)n1. The first-order valence-corrected chi connectivity index (χ1v) is 7.37. The standard InChI is InChI=1S/C15H20N6O2/c1-3-21-10-13(11(2)20-21)19-15(23)18-8-7-17-14(22)12-5-4-6-16-9-12/h4-6,9-10H,3,7-8H2,1-2H3,(H,17,22)(H2,18,19,23). The molecule has 2 heterocycles. The van der Waals surface area contributed by atoms with Crippen LogP contribution in [0.15, 0.2) is 30.7 Å². The summed E-state index contributed by atoms with van der Waals surface area (Å²) < 4.78 is 1.75. The van der Waals surface area contributed by atoms with Crippen LogP contribution in [-0.4, -0.2) is 39.8 Å². The average Bonchev–Trinajstić information content (AvgIpc) is 2.92. The molecule has 3 N–H and O–H groups in total. The van der Waals surface area contributed by atoms with Crippen LogP contribution in [-0.2, 0) is 6.54 Å². The van der Waals surface area contributed by atoms with Crippen LogP contribution in [0.25, 0.3) is 0 Å². The van der Waals surface area contributed by atoms with Crippen molar-refractivity contribution in [2.24, 2.45) is 0 Å². The van der Waals surface area contributed by atoms with Crippen LogP contribution in [0.2, 0.25) is 0 Å². The molecule has 8 heteroatoms. The van der Waals surface area contributed by atoms with Crippen LogP contribution in [0.5, 0.6) is 0 Å². The first-order valence-electron chi connectivity index (χ1n) is 7.37. The van der Waals surface area contributed by atoms with E-state index in [0.29, 0.717) is 24.3 Å². The Hall–Kier alpha value is -2.90. The predicted octanol–water partition coefficient (Wildman–Crippen LogP) is 1.16. The van der Waals surface area contributed by atoms with E-state index in [-0.39, 0.29) is 11.9 Å². The number of anilines is 1. The number of nitrogens with zero attached hydrogens (tertiary/aromatic N) is 3. The van der Waals surface area contributed by atoms with E-state index < -0.39 is 0 Å². The Morgan fingerprint density at radius 1 is 1.26 bits per heavy atom. The number of aryl methyl sites for hydroxylation is 2.